The number of hydrogen-bond donors (Lipinski definition) is 2. The Morgan fingerprint density at radius 3 is 2.88 bits per heavy atom. The summed E-state index contributed by atoms with van der Waals surface area (Å²) in [5.74, 6) is 1.05. The molecule has 86 valence electrons. The Bertz CT molecular complexity index is 480. The summed E-state index contributed by atoms with van der Waals surface area (Å²) in [4.78, 5) is 18.9. The van der Waals surface area contributed by atoms with E-state index in [0.29, 0.717) is 17.4 Å². The van der Waals surface area contributed by atoms with Gasteiger partial charge >= 0.3 is 5.97 Å². The fourth-order valence-corrected chi connectivity index (χ4v) is 1.58. The van der Waals surface area contributed by atoms with Crippen LogP contribution < -0.4 is 0 Å². The summed E-state index contributed by atoms with van der Waals surface area (Å²) in [6.07, 6.45) is 2.45. The Labute approximate surface area is 92.3 Å². The number of rotatable bonds is 4. The van der Waals surface area contributed by atoms with Gasteiger partial charge in [0.25, 0.3) is 5.78 Å². The van der Waals surface area contributed by atoms with Crippen molar-refractivity contribution in [3.8, 4) is 0 Å². The van der Waals surface area contributed by atoms with Crippen LogP contribution in [0.2, 0.25) is 0 Å². The molecule has 2 N–H and O–H groups in total. The predicted molar refractivity (Wildman–Crippen MR) is 57.2 cm³/mol. The zero-order valence-corrected chi connectivity index (χ0v) is 9.27. The molecule has 6 nitrogen and oxygen atoms in total. The van der Waals surface area contributed by atoms with Crippen LogP contribution in [0.3, 0.4) is 0 Å². The van der Waals surface area contributed by atoms with Crippen molar-refractivity contribution in [1.29, 1.82) is 0 Å². The molecule has 16 heavy (non-hydrogen) atoms. The first-order valence-corrected chi connectivity index (χ1v) is 5.19. The van der Waals surface area contributed by atoms with Gasteiger partial charge in [0.15, 0.2) is 0 Å². The van der Waals surface area contributed by atoms with Gasteiger partial charge in [0.1, 0.15) is 5.82 Å². The molecule has 0 saturated heterocycles. The standard InChI is InChI=1S/C10H14N4O2/c1-6(2)3-8-12-10-11-7(4-9(15)16)5-14(10)13-8/h5-6H,3-4H2,1-2H3,(H,15,16)(H,11,12,13). The number of carboxylic acid groups (broad SMARTS) is 1. The summed E-state index contributed by atoms with van der Waals surface area (Å²) < 4.78 is 1.66. The minimum Gasteiger partial charge on any atom is -0.481 e. The number of aromatic amines is 1. The van der Waals surface area contributed by atoms with Gasteiger partial charge in [-0.1, -0.05) is 13.8 Å². The van der Waals surface area contributed by atoms with Gasteiger partial charge in [-0.3, -0.25) is 9.89 Å². The molecule has 0 aromatic carbocycles. The summed E-state index contributed by atoms with van der Waals surface area (Å²) in [5.41, 5.74) is 0.516. The molecule has 2 aromatic heterocycles. The number of carboxylic acids is 1. The molecular formula is C10H14N4O2. The number of fused-ring (bicyclic) bond motifs is 1. The molecule has 0 aliphatic heterocycles. The van der Waals surface area contributed by atoms with Crippen LogP contribution in [0, 0.1) is 5.92 Å². The van der Waals surface area contributed by atoms with Crippen molar-refractivity contribution in [2.24, 2.45) is 5.92 Å². The molecule has 0 aliphatic rings. The van der Waals surface area contributed by atoms with Crippen molar-refractivity contribution >= 4 is 11.7 Å². The molecule has 2 heterocycles. The van der Waals surface area contributed by atoms with E-state index in [4.69, 9.17) is 5.11 Å². The van der Waals surface area contributed by atoms with Gasteiger partial charge in [-0.2, -0.15) is 4.98 Å². The average Bonchev–Trinajstić information content (AvgIpc) is 2.58. The third-order valence-electron chi connectivity index (χ3n) is 2.16. The van der Waals surface area contributed by atoms with Gasteiger partial charge in [-0.05, 0) is 5.92 Å². The Morgan fingerprint density at radius 1 is 1.56 bits per heavy atom. The van der Waals surface area contributed by atoms with Crippen LogP contribution in [-0.4, -0.2) is 30.7 Å². The van der Waals surface area contributed by atoms with Gasteiger partial charge in [0.2, 0.25) is 0 Å². The summed E-state index contributed by atoms with van der Waals surface area (Å²) in [5, 5.41) is 11.7. The van der Waals surface area contributed by atoms with Gasteiger partial charge in [0.05, 0.1) is 18.3 Å². The minimum absolute atomic E-state index is 0.0727. The zero-order chi connectivity index (χ0) is 11.7. The molecule has 0 spiro atoms. The van der Waals surface area contributed by atoms with Crippen LogP contribution in [0.15, 0.2) is 6.20 Å². The fraction of sp³-hybridized carbons (Fsp3) is 0.500. The lowest BCUT2D eigenvalue weighted by Crippen LogP contribution is -2.01. The molecule has 0 radical (unpaired) electrons. The molecular weight excluding hydrogens is 208 g/mol. The highest BCUT2D eigenvalue weighted by Gasteiger charge is 2.10. The Balaban J connectivity index is 2.22. The molecule has 0 atom stereocenters. The lowest BCUT2D eigenvalue weighted by atomic mass is 10.1. The van der Waals surface area contributed by atoms with Crippen molar-refractivity contribution in [1.82, 2.24) is 19.6 Å². The first-order chi connectivity index (χ1) is 7.54. The number of aromatic nitrogens is 4. The number of H-pyrrole nitrogens is 1. The Kier molecular flexibility index (Phi) is 2.64. The Morgan fingerprint density at radius 2 is 2.31 bits per heavy atom. The maximum Gasteiger partial charge on any atom is 0.309 e. The van der Waals surface area contributed by atoms with Gasteiger partial charge in [-0.15, -0.1) is 0 Å². The molecule has 0 saturated carbocycles. The van der Waals surface area contributed by atoms with Crippen molar-refractivity contribution in [3.05, 3.63) is 17.7 Å². The van der Waals surface area contributed by atoms with Gasteiger partial charge in [0, 0.05) is 6.42 Å². The first kappa shape index (κ1) is 10.7. The third kappa shape index (κ3) is 2.21. The maximum atomic E-state index is 10.5. The molecule has 2 aromatic rings. The highest BCUT2D eigenvalue weighted by atomic mass is 16.4. The largest absolute Gasteiger partial charge is 0.481 e. The van der Waals surface area contributed by atoms with E-state index in [9.17, 15) is 4.79 Å². The Hall–Kier alpha value is -1.85. The lowest BCUT2D eigenvalue weighted by molar-refractivity contribution is -0.136. The topological polar surface area (TPSA) is 83.3 Å². The fourth-order valence-electron chi connectivity index (χ4n) is 1.58. The molecule has 2 rings (SSSR count). The van der Waals surface area contributed by atoms with E-state index in [1.54, 1.807) is 10.7 Å². The molecule has 6 heteroatoms. The average molecular weight is 222 g/mol. The highest BCUT2D eigenvalue weighted by molar-refractivity contribution is 5.69. The lowest BCUT2D eigenvalue weighted by Gasteiger charge is -1.98. The second kappa shape index (κ2) is 3.96. The first-order valence-electron chi connectivity index (χ1n) is 5.19. The summed E-state index contributed by atoms with van der Waals surface area (Å²) in [6, 6.07) is 0. The van der Waals surface area contributed by atoms with E-state index in [1.807, 2.05) is 0 Å². The van der Waals surface area contributed by atoms with Crippen molar-refractivity contribution in [3.63, 3.8) is 0 Å². The molecule has 0 amide bonds. The third-order valence-corrected chi connectivity index (χ3v) is 2.16. The van der Waals surface area contributed by atoms with E-state index in [-0.39, 0.29) is 6.42 Å². The van der Waals surface area contributed by atoms with Crippen molar-refractivity contribution in [2.45, 2.75) is 26.7 Å². The smallest absolute Gasteiger partial charge is 0.309 e. The van der Waals surface area contributed by atoms with Crippen LogP contribution in [-0.2, 0) is 17.6 Å². The maximum absolute atomic E-state index is 10.5. The number of imidazole rings is 1. The second-order valence-corrected chi connectivity index (χ2v) is 4.24. The molecule has 0 fully saturated rings. The number of nitrogens with one attached hydrogen (secondary N) is 1. The number of nitrogens with zero attached hydrogens (tertiary/aromatic N) is 3. The van der Waals surface area contributed by atoms with Crippen LogP contribution >= 0.6 is 0 Å². The van der Waals surface area contributed by atoms with Crippen molar-refractivity contribution < 1.29 is 9.90 Å². The molecule has 0 aliphatic carbocycles. The van der Waals surface area contributed by atoms with Crippen LogP contribution in [0.4, 0.5) is 0 Å². The number of hydrogen-bond acceptors (Lipinski definition) is 3. The second-order valence-electron chi connectivity index (χ2n) is 4.24. The van der Waals surface area contributed by atoms with Crippen LogP contribution in [0.1, 0.15) is 25.4 Å². The number of aliphatic carboxylic acids is 1. The zero-order valence-electron chi connectivity index (χ0n) is 9.27. The molecule has 0 unspecified atom stereocenters. The SMILES string of the molecule is CC(C)Cc1nc2nc(CC(=O)O)cn2[nH]1. The van der Waals surface area contributed by atoms with E-state index < -0.39 is 5.97 Å². The van der Waals surface area contributed by atoms with Crippen molar-refractivity contribution in [2.75, 3.05) is 0 Å². The van der Waals surface area contributed by atoms with Gasteiger partial charge < -0.3 is 5.11 Å². The van der Waals surface area contributed by atoms with Crippen LogP contribution in [0.5, 0.6) is 0 Å². The van der Waals surface area contributed by atoms with E-state index in [2.05, 4.69) is 28.9 Å². The van der Waals surface area contributed by atoms with E-state index in [1.165, 1.54) is 0 Å². The summed E-state index contributed by atoms with van der Waals surface area (Å²) in [6.45, 7) is 4.22. The summed E-state index contributed by atoms with van der Waals surface area (Å²) >= 11 is 0. The highest BCUT2D eigenvalue weighted by Crippen LogP contribution is 2.07. The predicted octanol–water partition coefficient (Wildman–Crippen LogP) is 0.883. The quantitative estimate of drug-likeness (QED) is 0.804. The van der Waals surface area contributed by atoms with Crippen LogP contribution in [0.25, 0.3) is 5.78 Å². The minimum atomic E-state index is -0.886. The summed E-state index contributed by atoms with van der Waals surface area (Å²) in [7, 11) is 0. The van der Waals surface area contributed by atoms with Gasteiger partial charge in [-0.25, -0.2) is 9.50 Å². The van der Waals surface area contributed by atoms with E-state index >= 15 is 0 Å². The molecule has 0 bridgehead atoms. The van der Waals surface area contributed by atoms with E-state index in [0.717, 1.165) is 12.2 Å². The normalized spacial score (nSPS) is 11.4. The monoisotopic (exact) mass is 222 g/mol. The number of carbonyl (C=O) groups is 1.